The molecule has 2 heterocycles. The van der Waals surface area contributed by atoms with Crippen LogP contribution in [0.25, 0.3) is 16.9 Å². The topological polar surface area (TPSA) is 103 Å². The van der Waals surface area contributed by atoms with Crippen molar-refractivity contribution in [1.29, 1.82) is 0 Å². The standard InChI is InChI=1S/C22H22ClN5O2/c23-18-13-25-22(26-16-7-3-6-15(11-16)21(24)30)27-20(18)14-5-4-8-17(12-14)28-10-2-1-9-19(28)29/h1-2,4-5,8-10,12-13,15-16H,3,6-7,11H2,(H2,24,30)(H,25,26,27). The Hall–Kier alpha value is -3.19. The van der Waals surface area contributed by atoms with Crippen molar-refractivity contribution in [2.45, 2.75) is 31.7 Å². The van der Waals surface area contributed by atoms with E-state index in [2.05, 4.69) is 15.3 Å². The van der Waals surface area contributed by atoms with E-state index >= 15 is 0 Å². The molecule has 2 aromatic heterocycles. The van der Waals surface area contributed by atoms with Crippen molar-refractivity contribution in [2.75, 3.05) is 5.32 Å². The summed E-state index contributed by atoms with van der Waals surface area (Å²) >= 11 is 6.39. The predicted octanol–water partition coefficient (Wildman–Crippen LogP) is 3.40. The van der Waals surface area contributed by atoms with Crippen LogP contribution in [0.1, 0.15) is 25.7 Å². The molecule has 1 saturated carbocycles. The van der Waals surface area contributed by atoms with E-state index in [1.54, 1.807) is 29.1 Å². The second-order valence-corrected chi connectivity index (χ2v) is 7.86. The van der Waals surface area contributed by atoms with Gasteiger partial charge in [-0.15, -0.1) is 0 Å². The molecule has 8 heteroatoms. The Balaban J connectivity index is 1.61. The largest absolute Gasteiger partial charge is 0.369 e. The number of rotatable bonds is 5. The third-order valence-electron chi connectivity index (χ3n) is 5.37. The summed E-state index contributed by atoms with van der Waals surface area (Å²) in [4.78, 5) is 32.6. The molecule has 30 heavy (non-hydrogen) atoms. The maximum Gasteiger partial charge on any atom is 0.255 e. The molecule has 1 aliphatic carbocycles. The van der Waals surface area contributed by atoms with E-state index in [0.29, 0.717) is 23.1 Å². The zero-order valence-corrected chi connectivity index (χ0v) is 17.0. The molecule has 0 radical (unpaired) electrons. The maximum atomic E-state index is 12.2. The van der Waals surface area contributed by atoms with Gasteiger partial charge in [0.2, 0.25) is 11.9 Å². The van der Waals surface area contributed by atoms with Gasteiger partial charge in [0.1, 0.15) is 0 Å². The van der Waals surface area contributed by atoms with Crippen LogP contribution in [0.4, 0.5) is 5.95 Å². The first kappa shape index (κ1) is 20.1. The number of halogens is 1. The minimum atomic E-state index is -0.257. The Morgan fingerprint density at radius 3 is 2.87 bits per heavy atom. The Bertz CT molecular complexity index is 1130. The number of carbonyl (C=O) groups excluding carboxylic acids is 1. The minimum absolute atomic E-state index is 0.0829. The fraction of sp³-hybridized carbons (Fsp3) is 0.273. The highest BCUT2D eigenvalue weighted by atomic mass is 35.5. The smallest absolute Gasteiger partial charge is 0.255 e. The number of carbonyl (C=O) groups is 1. The number of benzene rings is 1. The zero-order chi connectivity index (χ0) is 21.1. The van der Waals surface area contributed by atoms with E-state index in [9.17, 15) is 9.59 Å². The van der Waals surface area contributed by atoms with Crippen LogP contribution in [0.15, 0.2) is 59.7 Å². The lowest BCUT2D eigenvalue weighted by molar-refractivity contribution is -0.122. The van der Waals surface area contributed by atoms with Crippen LogP contribution in [-0.2, 0) is 4.79 Å². The van der Waals surface area contributed by atoms with Gasteiger partial charge in [-0.1, -0.05) is 36.2 Å². The van der Waals surface area contributed by atoms with Crippen molar-refractivity contribution < 1.29 is 4.79 Å². The van der Waals surface area contributed by atoms with Gasteiger partial charge in [-0.3, -0.25) is 14.2 Å². The predicted molar refractivity (Wildman–Crippen MR) is 117 cm³/mol. The molecule has 3 aromatic rings. The summed E-state index contributed by atoms with van der Waals surface area (Å²) in [6.07, 6.45) is 6.63. The number of amides is 1. The SMILES string of the molecule is NC(=O)C1CCCC(Nc2ncc(Cl)c(-c3cccc(-n4ccccc4=O)c3)n2)C1. The van der Waals surface area contributed by atoms with E-state index in [1.807, 2.05) is 24.3 Å². The van der Waals surface area contributed by atoms with Crippen molar-refractivity contribution in [3.8, 4) is 16.9 Å². The monoisotopic (exact) mass is 423 g/mol. The summed E-state index contributed by atoms with van der Waals surface area (Å²) in [6, 6.07) is 12.6. The van der Waals surface area contributed by atoms with Gasteiger partial charge in [0, 0.05) is 35.5 Å². The number of hydrogen-bond donors (Lipinski definition) is 2. The molecule has 0 aliphatic heterocycles. The first-order valence-corrected chi connectivity index (χ1v) is 10.3. The van der Waals surface area contributed by atoms with E-state index in [-0.39, 0.29) is 23.4 Å². The van der Waals surface area contributed by atoms with E-state index in [4.69, 9.17) is 17.3 Å². The number of nitrogens with one attached hydrogen (secondary N) is 1. The van der Waals surface area contributed by atoms with Gasteiger partial charge in [-0.25, -0.2) is 9.97 Å². The van der Waals surface area contributed by atoms with Crippen LogP contribution >= 0.6 is 11.6 Å². The van der Waals surface area contributed by atoms with Crippen LogP contribution in [-0.4, -0.2) is 26.5 Å². The van der Waals surface area contributed by atoms with Gasteiger partial charge in [0.15, 0.2) is 0 Å². The van der Waals surface area contributed by atoms with Crippen molar-refractivity contribution in [3.05, 3.63) is 70.2 Å². The first-order chi connectivity index (χ1) is 14.5. The highest BCUT2D eigenvalue weighted by molar-refractivity contribution is 6.32. The average molecular weight is 424 g/mol. The fourth-order valence-electron chi connectivity index (χ4n) is 3.84. The number of pyridine rings is 1. The summed E-state index contributed by atoms with van der Waals surface area (Å²) < 4.78 is 1.56. The zero-order valence-electron chi connectivity index (χ0n) is 16.3. The second-order valence-electron chi connectivity index (χ2n) is 7.46. The van der Waals surface area contributed by atoms with Crippen molar-refractivity contribution >= 4 is 23.5 Å². The Kier molecular flexibility index (Phi) is 5.81. The first-order valence-electron chi connectivity index (χ1n) is 9.88. The molecular formula is C22H22ClN5O2. The number of nitrogens with zero attached hydrogens (tertiary/aromatic N) is 3. The number of primary amides is 1. The Morgan fingerprint density at radius 1 is 1.20 bits per heavy atom. The fourth-order valence-corrected chi connectivity index (χ4v) is 4.04. The van der Waals surface area contributed by atoms with Crippen molar-refractivity contribution in [3.63, 3.8) is 0 Å². The van der Waals surface area contributed by atoms with Gasteiger partial charge in [-0.05, 0) is 37.5 Å². The number of anilines is 1. The van der Waals surface area contributed by atoms with Crippen LogP contribution in [0, 0.1) is 5.92 Å². The van der Waals surface area contributed by atoms with Crippen LogP contribution in [0.3, 0.4) is 0 Å². The second kappa shape index (κ2) is 8.67. The summed E-state index contributed by atoms with van der Waals surface area (Å²) in [5, 5.41) is 3.73. The van der Waals surface area contributed by atoms with Gasteiger partial charge in [0.25, 0.3) is 5.56 Å². The van der Waals surface area contributed by atoms with Crippen LogP contribution in [0.5, 0.6) is 0 Å². The molecule has 7 nitrogen and oxygen atoms in total. The summed E-state index contributed by atoms with van der Waals surface area (Å²) in [6.45, 7) is 0. The summed E-state index contributed by atoms with van der Waals surface area (Å²) in [7, 11) is 0. The van der Waals surface area contributed by atoms with E-state index < -0.39 is 0 Å². The average Bonchev–Trinajstić information content (AvgIpc) is 2.76. The molecule has 2 unspecified atom stereocenters. The molecule has 154 valence electrons. The van der Waals surface area contributed by atoms with Gasteiger partial charge in [0.05, 0.1) is 16.9 Å². The summed E-state index contributed by atoms with van der Waals surface area (Å²) in [5.41, 5.74) is 7.43. The molecule has 1 amide bonds. The number of hydrogen-bond acceptors (Lipinski definition) is 5. The third-order valence-corrected chi connectivity index (χ3v) is 5.65. The van der Waals surface area contributed by atoms with E-state index in [1.165, 1.54) is 6.07 Å². The maximum absolute atomic E-state index is 12.2. The highest BCUT2D eigenvalue weighted by Gasteiger charge is 2.26. The molecule has 0 spiro atoms. The molecule has 4 rings (SSSR count). The Labute approximate surface area is 178 Å². The number of nitrogens with two attached hydrogens (primary N) is 1. The highest BCUT2D eigenvalue weighted by Crippen LogP contribution is 2.29. The lowest BCUT2D eigenvalue weighted by Gasteiger charge is -2.28. The molecule has 1 aliphatic rings. The van der Waals surface area contributed by atoms with E-state index in [0.717, 1.165) is 30.5 Å². The Morgan fingerprint density at radius 2 is 2.07 bits per heavy atom. The van der Waals surface area contributed by atoms with Crippen molar-refractivity contribution in [2.24, 2.45) is 11.7 Å². The third kappa shape index (κ3) is 4.36. The van der Waals surface area contributed by atoms with Gasteiger partial charge in [-0.2, -0.15) is 0 Å². The van der Waals surface area contributed by atoms with Crippen molar-refractivity contribution in [1.82, 2.24) is 14.5 Å². The van der Waals surface area contributed by atoms with Gasteiger partial charge < -0.3 is 11.1 Å². The molecule has 0 saturated heterocycles. The molecule has 0 bridgehead atoms. The molecule has 2 atom stereocenters. The van der Waals surface area contributed by atoms with Crippen LogP contribution in [0.2, 0.25) is 5.02 Å². The minimum Gasteiger partial charge on any atom is -0.369 e. The summed E-state index contributed by atoms with van der Waals surface area (Å²) in [5.74, 6) is 0.0721. The van der Waals surface area contributed by atoms with Gasteiger partial charge >= 0.3 is 0 Å². The lowest BCUT2D eigenvalue weighted by atomic mass is 9.85. The molecule has 1 aromatic carbocycles. The normalized spacial score (nSPS) is 18.7. The molecule has 1 fully saturated rings. The number of aromatic nitrogens is 3. The lowest BCUT2D eigenvalue weighted by Crippen LogP contribution is -2.34. The van der Waals surface area contributed by atoms with Crippen LogP contribution < -0.4 is 16.6 Å². The quantitative estimate of drug-likeness (QED) is 0.654. The molecule has 3 N–H and O–H groups in total. The molecular weight excluding hydrogens is 402 g/mol.